The molecule has 88 valence electrons. The molecule has 0 unspecified atom stereocenters. The second-order valence-electron chi connectivity index (χ2n) is 5.53. The summed E-state index contributed by atoms with van der Waals surface area (Å²) in [4.78, 5) is 16.2. The molecule has 0 spiro atoms. The van der Waals surface area contributed by atoms with E-state index in [1.165, 1.54) is 25.9 Å². The highest BCUT2D eigenvalue weighted by atomic mass is 16.2. The van der Waals surface area contributed by atoms with Crippen LogP contribution in [0.3, 0.4) is 0 Å². The molecular formula is C12H24N2O. The minimum atomic E-state index is -0.250. The van der Waals surface area contributed by atoms with Gasteiger partial charge in [0, 0.05) is 25.6 Å². The summed E-state index contributed by atoms with van der Waals surface area (Å²) in [6.45, 7) is 10.2. The highest BCUT2D eigenvalue weighted by Gasteiger charge is 2.25. The van der Waals surface area contributed by atoms with Crippen LogP contribution in [0.15, 0.2) is 0 Å². The van der Waals surface area contributed by atoms with Gasteiger partial charge in [-0.05, 0) is 25.9 Å². The van der Waals surface area contributed by atoms with Gasteiger partial charge in [0.05, 0.1) is 0 Å². The number of hydrogen-bond acceptors (Lipinski definition) is 2. The third kappa shape index (κ3) is 3.82. The Kier molecular flexibility index (Phi) is 4.14. The summed E-state index contributed by atoms with van der Waals surface area (Å²) in [5, 5.41) is 0. The molecule has 0 aromatic heterocycles. The molecule has 0 aromatic carbocycles. The maximum Gasteiger partial charge on any atom is 0.227 e. The summed E-state index contributed by atoms with van der Waals surface area (Å²) in [7, 11) is 1.91. The Morgan fingerprint density at radius 2 is 1.80 bits per heavy atom. The van der Waals surface area contributed by atoms with Crippen LogP contribution in [0.5, 0.6) is 0 Å². The fourth-order valence-corrected chi connectivity index (χ4v) is 1.97. The number of amides is 1. The average molecular weight is 212 g/mol. The molecule has 1 aliphatic heterocycles. The number of likely N-dealkylation sites (N-methyl/N-ethyl adjacent to an activating group) is 1. The lowest BCUT2D eigenvalue weighted by Crippen LogP contribution is -2.40. The van der Waals surface area contributed by atoms with Gasteiger partial charge in [-0.1, -0.05) is 20.8 Å². The van der Waals surface area contributed by atoms with Crippen molar-refractivity contribution in [1.29, 1.82) is 0 Å². The highest BCUT2D eigenvalue weighted by Crippen LogP contribution is 2.16. The fourth-order valence-electron chi connectivity index (χ4n) is 1.97. The third-order valence-electron chi connectivity index (χ3n) is 2.94. The predicted octanol–water partition coefficient (Wildman–Crippen LogP) is 1.59. The zero-order valence-corrected chi connectivity index (χ0v) is 10.5. The zero-order valence-electron chi connectivity index (χ0n) is 10.5. The van der Waals surface area contributed by atoms with Gasteiger partial charge >= 0.3 is 0 Å². The number of hydrogen-bond donors (Lipinski definition) is 0. The number of rotatable bonds is 3. The lowest BCUT2D eigenvalue weighted by Gasteiger charge is -2.27. The Hall–Kier alpha value is -0.570. The van der Waals surface area contributed by atoms with Crippen LogP contribution in [0.4, 0.5) is 0 Å². The van der Waals surface area contributed by atoms with Gasteiger partial charge in [0.15, 0.2) is 0 Å². The van der Waals surface area contributed by atoms with Gasteiger partial charge in [0.2, 0.25) is 5.91 Å². The first-order valence-corrected chi connectivity index (χ1v) is 5.89. The minimum Gasteiger partial charge on any atom is -0.344 e. The van der Waals surface area contributed by atoms with Crippen molar-refractivity contribution in [3.05, 3.63) is 0 Å². The summed E-state index contributed by atoms with van der Waals surface area (Å²) < 4.78 is 0. The molecule has 1 fully saturated rings. The molecule has 3 heteroatoms. The van der Waals surface area contributed by atoms with Crippen molar-refractivity contribution in [2.45, 2.75) is 33.6 Å². The molecule has 1 aliphatic rings. The normalized spacial score (nSPS) is 18.1. The molecule has 0 aromatic rings. The predicted molar refractivity (Wildman–Crippen MR) is 62.8 cm³/mol. The van der Waals surface area contributed by atoms with E-state index >= 15 is 0 Å². The SMILES string of the molecule is CN(CCN1CCCC1)C(=O)C(C)(C)C. The number of likely N-dealkylation sites (tertiary alicyclic amines) is 1. The van der Waals surface area contributed by atoms with Gasteiger partial charge in [-0.3, -0.25) is 4.79 Å². The van der Waals surface area contributed by atoms with Gasteiger partial charge in [-0.2, -0.15) is 0 Å². The molecule has 0 bridgehead atoms. The smallest absolute Gasteiger partial charge is 0.227 e. The third-order valence-corrected chi connectivity index (χ3v) is 2.94. The molecular weight excluding hydrogens is 188 g/mol. The van der Waals surface area contributed by atoms with Gasteiger partial charge < -0.3 is 9.80 Å². The van der Waals surface area contributed by atoms with Crippen LogP contribution < -0.4 is 0 Å². The van der Waals surface area contributed by atoms with E-state index in [9.17, 15) is 4.79 Å². The Morgan fingerprint density at radius 3 is 2.27 bits per heavy atom. The van der Waals surface area contributed by atoms with Crippen molar-refractivity contribution in [2.75, 3.05) is 33.2 Å². The van der Waals surface area contributed by atoms with Crippen molar-refractivity contribution in [3.63, 3.8) is 0 Å². The van der Waals surface area contributed by atoms with Crippen LogP contribution in [0.2, 0.25) is 0 Å². The molecule has 0 radical (unpaired) electrons. The molecule has 1 amide bonds. The largest absolute Gasteiger partial charge is 0.344 e. The zero-order chi connectivity index (χ0) is 11.5. The van der Waals surface area contributed by atoms with Crippen molar-refractivity contribution < 1.29 is 4.79 Å². The maximum atomic E-state index is 11.9. The van der Waals surface area contributed by atoms with Crippen molar-refractivity contribution >= 4 is 5.91 Å². The molecule has 0 atom stereocenters. The highest BCUT2D eigenvalue weighted by molar-refractivity contribution is 5.81. The van der Waals surface area contributed by atoms with E-state index in [1.54, 1.807) is 0 Å². The molecule has 15 heavy (non-hydrogen) atoms. The van der Waals surface area contributed by atoms with Crippen LogP contribution >= 0.6 is 0 Å². The summed E-state index contributed by atoms with van der Waals surface area (Å²) in [6.07, 6.45) is 2.63. The average Bonchev–Trinajstić information content (AvgIpc) is 2.63. The van der Waals surface area contributed by atoms with E-state index in [4.69, 9.17) is 0 Å². The van der Waals surface area contributed by atoms with Crippen LogP contribution in [-0.4, -0.2) is 48.9 Å². The van der Waals surface area contributed by atoms with E-state index in [1.807, 2.05) is 32.7 Å². The van der Waals surface area contributed by atoms with E-state index in [0.717, 1.165) is 13.1 Å². The number of carbonyl (C=O) groups excluding carboxylic acids is 1. The van der Waals surface area contributed by atoms with Gasteiger partial charge in [-0.15, -0.1) is 0 Å². The van der Waals surface area contributed by atoms with Gasteiger partial charge in [-0.25, -0.2) is 0 Å². The fraction of sp³-hybridized carbons (Fsp3) is 0.917. The summed E-state index contributed by atoms with van der Waals surface area (Å²) in [6, 6.07) is 0. The molecule has 1 rings (SSSR count). The van der Waals surface area contributed by atoms with E-state index in [-0.39, 0.29) is 11.3 Å². The molecule has 0 saturated carbocycles. The van der Waals surface area contributed by atoms with Crippen molar-refractivity contribution in [3.8, 4) is 0 Å². The van der Waals surface area contributed by atoms with Crippen molar-refractivity contribution in [1.82, 2.24) is 9.80 Å². The van der Waals surface area contributed by atoms with Crippen molar-refractivity contribution in [2.24, 2.45) is 5.41 Å². The summed E-state index contributed by atoms with van der Waals surface area (Å²) >= 11 is 0. The maximum absolute atomic E-state index is 11.9. The Bertz CT molecular complexity index is 214. The first-order chi connectivity index (χ1) is 6.91. The van der Waals surface area contributed by atoms with Gasteiger partial charge in [0.25, 0.3) is 0 Å². The van der Waals surface area contributed by atoms with Crippen LogP contribution in [0, 0.1) is 5.41 Å². The molecule has 1 heterocycles. The van der Waals surface area contributed by atoms with E-state index in [2.05, 4.69) is 4.90 Å². The second-order valence-corrected chi connectivity index (χ2v) is 5.53. The van der Waals surface area contributed by atoms with Crippen LogP contribution in [0.1, 0.15) is 33.6 Å². The van der Waals surface area contributed by atoms with Crippen LogP contribution in [-0.2, 0) is 4.79 Å². The molecule has 1 saturated heterocycles. The first-order valence-electron chi connectivity index (χ1n) is 5.89. The second kappa shape index (κ2) is 4.97. The molecule has 0 aliphatic carbocycles. The summed E-state index contributed by atoms with van der Waals surface area (Å²) in [5.41, 5.74) is -0.250. The number of carbonyl (C=O) groups is 1. The lowest BCUT2D eigenvalue weighted by molar-refractivity contribution is -0.138. The van der Waals surface area contributed by atoms with Crippen LogP contribution in [0.25, 0.3) is 0 Å². The van der Waals surface area contributed by atoms with E-state index in [0.29, 0.717) is 0 Å². The number of nitrogens with zero attached hydrogens (tertiary/aromatic N) is 2. The standard InChI is InChI=1S/C12H24N2O/c1-12(2,3)11(15)13(4)9-10-14-7-5-6-8-14/h5-10H2,1-4H3. The Labute approximate surface area is 93.4 Å². The summed E-state index contributed by atoms with van der Waals surface area (Å²) in [5.74, 6) is 0.238. The minimum absolute atomic E-state index is 0.238. The van der Waals surface area contributed by atoms with E-state index < -0.39 is 0 Å². The Morgan fingerprint density at radius 1 is 1.27 bits per heavy atom. The first kappa shape index (κ1) is 12.5. The monoisotopic (exact) mass is 212 g/mol. The topological polar surface area (TPSA) is 23.6 Å². The molecule has 0 N–H and O–H groups in total. The lowest BCUT2D eigenvalue weighted by atomic mass is 9.95. The quantitative estimate of drug-likeness (QED) is 0.709. The Balaban J connectivity index is 2.28. The molecule has 3 nitrogen and oxygen atoms in total. The van der Waals surface area contributed by atoms with Gasteiger partial charge in [0.1, 0.15) is 0 Å².